The Morgan fingerprint density at radius 2 is 1.77 bits per heavy atom. The molecule has 1 N–H and O–H groups in total. The Hall–Kier alpha value is -3.39. The van der Waals surface area contributed by atoms with Gasteiger partial charge in [-0.2, -0.15) is 5.26 Å². The van der Waals surface area contributed by atoms with E-state index in [1.165, 1.54) is 13.0 Å². The van der Waals surface area contributed by atoms with E-state index in [1.807, 2.05) is 13.0 Å². The summed E-state index contributed by atoms with van der Waals surface area (Å²) in [5.74, 6) is 0.193. The fourth-order valence-electron chi connectivity index (χ4n) is 2.18. The zero-order valence-corrected chi connectivity index (χ0v) is 14.8. The van der Waals surface area contributed by atoms with E-state index in [-0.39, 0.29) is 11.4 Å². The second-order valence-corrected chi connectivity index (χ2v) is 5.67. The lowest BCUT2D eigenvalue weighted by Gasteiger charge is -2.06. The third-order valence-electron chi connectivity index (χ3n) is 3.58. The molecule has 0 aromatic heterocycles. The molecule has 0 saturated carbocycles. The topological polar surface area (TPSA) is 79.2 Å². The molecule has 0 bridgehead atoms. The smallest absolute Gasteiger partial charge is 0.266 e. The summed E-state index contributed by atoms with van der Waals surface area (Å²) in [6.07, 6.45) is 2.44. The van der Waals surface area contributed by atoms with E-state index in [0.29, 0.717) is 17.9 Å². The number of anilines is 1. The van der Waals surface area contributed by atoms with Crippen molar-refractivity contribution in [2.45, 2.75) is 20.3 Å². The van der Waals surface area contributed by atoms with Gasteiger partial charge in [0.2, 0.25) is 0 Å². The summed E-state index contributed by atoms with van der Waals surface area (Å²) in [7, 11) is 0. The van der Waals surface area contributed by atoms with Gasteiger partial charge in [-0.15, -0.1) is 0 Å². The number of nitriles is 1. The van der Waals surface area contributed by atoms with Crippen molar-refractivity contribution in [3.8, 4) is 11.8 Å². The second-order valence-electron chi connectivity index (χ2n) is 5.67. The SMILES string of the molecule is CCCOc1ccc(/C=C(\C#N)C(=O)Nc2ccc(C(C)=O)cc2)cc1. The molecule has 0 spiro atoms. The summed E-state index contributed by atoms with van der Waals surface area (Å²) in [6, 6.07) is 15.6. The minimum absolute atomic E-state index is 0.0112. The van der Waals surface area contributed by atoms with Crippen molar-refractivity contribution in [3.63, 3.8) is 0 Å². The maximum Gasteiger partial charge on any atom is 0.266 e. The molecule has 5 heteroatoms. The third kappa shape index (κ3) is 5.32. The van der Waals surface area contributed by atoms with Gasteiger partial charge < -0.3 is 10.1 Å². The zero-order valence-electron chi connectivity index (χ0n) is 14.8. The van der Waals surface area contributed by atoms with E-state index >= 15 is 0 Å². The predicted molar refractivity (Wildman–Crippen MR) is 101 cm³/mol. The number of carbonyl (C=O) groups excluding carboxylic acids is 2. The van der Waals surface area contributed by atoms with Gasteiger partial charge in [-0.1, -0.05) is 19.1 Å². The van der Waals surface area contributed by atoms with Crippen molar-refractivity contribution in [3.05, 3.63) is 65.2 Å². The zero-order chi connectivity index (χ0) is 18.9. The lowest BCUT2D eigenvalue weighted by atomic mass is 10.1. The average molecular weight is 348 g/mol. The highest BCUT2D eigenvalue weighted by molar-refractivity contribution is 6.09. The van der Waals surface area contributed by atoms with Gasteiger partial charge in [0.25, 0.3) is 5.91 Å². The van der Waals surface area contributed by atoms with Gasteiger partial charge in [0.05, 0.1) is 6.61 Å². The first-order chi connectivity index (χ1) is 12.5. The number of nitrogens with zero attached hydrogens (tertiary/aromatic N) is 1. The van der Waals surface area contributed by atoms with Crippen LogP contribution in [0.4, 0.5) is 5.69 Å². The van der Waals surface area contributed by atoms with E-state index in [9.17, 15) is 14.9 Å². The summed E-state index contributed by atoms with van der Waals surface area (Å²) >= 11 is 0. The number of carbonyl (C=O) groups is 2. The number of Topliss-reactive ketones (excluding diaryl/α,β-unsaturated/α-hetero) is 1. The van der Waals surface area contributed by atoms with Gasteiger partial charge in [0.15, 0.2) is 5.78 Å². The van der Waals surface area contributed by atoms with Gasteiger partial charge >= 0.3 is 0 Å². The van der Waals surface area contributed by atoms with Crippen LogP contribution in [-0.4, -0.2) is 18.3 Å². The van der Waals surface area contributed by atoms with Crippen molar-refractivity contribution in [2.75, 3.05) is 11.9 Å². The van der Waals surface area contributed by atoms with Crippen LogP contribution >= 0.6 is 0 Å². The fourth-order valence-corrected chi connectivity index (χ4v) is 2.18. The van der Waals surface area contributed by atoms with E-state index in [0.717, 1.165) is 17.7 Å². The molecule has 2 rings (SSSR count). The van der Waals surface area contributed by atoms with E-state index in [1.54, 1.807) is 48.5 Å². The second kappa shape index (κ2) is 9.19. The molecule has 2 aromatic carbocycles. The monoisotopic (exact) mass is 348 g/mol. The molecule has 0 aliphatic heterocycles. The van der Waals surface area contributed by atoms with Crippen LogP contribution in [0, 0.1) is 11.3 Å². The molecular formula is C21H20N2O3. The highest BCUT2D eigenvalue weighted by Crippen LogP contribution is 2.16. The summed E-state index contributed by atoms with van der Waals surface area (Å²) < 4.78 is 5.51. The van der Waals surface area contributed by atoms with Gasteiger partial charge in [0.1, 0.15) is 17.4 Å². The standard InChI is InChI=1S/C21H20N2O3/c1-3-12-26-20-10-4-16(5-11-20)13-18(14-22)21(25)23-19-8-6-17(7-9-19)15(2)24/h4-11,13H,3,12H2,1-2H3,(H,23,25)/b18-13+. The summed E-state index contributed by atoms with van der Waals surface area (Å²) in [5.41, 5.74) is 1.80. The van der Waals surface area contributed by atoms with Crippen molar-refractivity contribution in [1.82, 2.24) is 0 Å². The molecule has 0 unspecified atom stereocenters. The van der Waals surface area contributed by atoms with E-state index in [2.05, 4.69) is 5.32 Å². The minimum atomic E-state index is -0.505. The van der Waals surface area contributed by atoms with Crippen molar-refractivity contribution in [2.24, 2.45) is 0 Å². The summed E-state index contributed by atoms with van der Waals surface area (Å²) in [4.78, 5) is 23.6. The largest absolute Gasteiger partial charge is 0.494 e. The maximum atomic E-state index is 12.3. The van der Waals surface area contributed by atoms with Gasteiger partial charge in [-0.05, 0) is 61.4 Å². The highest BCUT2D eigenvalue weighted by Gasteiger charge is 2.10. The lowest BCUT2D eigenvalue weighted by molar-refractivity contribution is -0.112. The van der Waals surface area contributed by atoms with Crippen molar-refractivity contribution in [1.29, 1.82) is 5.26 Å². The molecular weight excluding hydrogens is 328 g/mol. The van der Waals surface area contributed by atoms with E-state index < -0.39 is 5.91 Å². The van der Waals surface area contributed by atoms with Crippen LogP contribution in [-0.2, 0) is 4.79 Å². The van der Waals surface area contributed by atoms with E-state index in [4.69, 9.17) is 4.74 Å². The Morgan fingerprint density at radius 1 is 1.12 bits per heavy atom. The number of benzene rings is 2. The number of nitrogens with one attached hydrogen (secondary N) is 1. The normalized spacial score (nSPS) is 10.7. The quantitative estimate of drug-likeness (QED) is 0.461. The minimum Gasteiger partial charge on any atom is -0.494 e. The molecule has 26 heavy (non-hydrogen) atoms. The molecule has 0 atom stereocenters. The third-order valence-corrected chi connectivity index (χ3v) is 3.58. The molecule has 0 heterocycles. The van der Waals surface area contributed by atoms with Crippen LogP contribution < -0.4 is 10.1 Å². The van der Waals surface area contributed by atoms with Crippen LogP contribution in [0.15, 0.2) is 54.1 Å². The van der Waals surface area contributed by atoms with Crippen molar-refractivity contribution >= 4 is 23.5 Å². The van der Waals surface area contributed by atoms with Crippen LogP contribution in [0.25, 0.3) is 6.08 Å². The molecule has 1 amide bonds. The van der Waals surface area contributed by atoms with Crippen LogP contribution in [0.5, 0.6) is 5.75 Å². The summed E-state index contributed by atoms with van der Waals surface area (Å²) in [6.45, 7) is 4.15. The first kappa shape index (κ1) is 18.9. The van der Waals surface area contributed by atoms with Gasteiger partial charge in [-0.3, -0.25) is 9.59 Å². The molecule has 0 radical (unpaired) electrons. The first-order valence-electron chi connectivity index (χ1n) is 8.30. The van der Waals surface area contributed by atoms with Gasteiger partial charge in [-0.25, -0.2) is 0 Å². The average Bonchev–Trinajstić information content (AvgIpc) is 2.65. The lowest BCUT2D eigenvalue weighted by Crippen LogP contribution is -2.13. The van der Waals surface area contributed by atoms with Crippen LogP contribution in [0.3, 0.4) is 0 Å². The number of ketones is 1. The Balaban J connectivity index is 2.08. The Kier molecular flexibility index (Phi) is 6.69. The fraction of sp³-hybridized carbons (Fsp3) is 0.190. The van der Waals surface area contributed by atoms with Crippen LogP contribution in [0.2, 0.25) is 0 Å². The number of ether oxygens (including phenoxy) is 1. The first-order valence-corrected chi connectivity index (χ1v) is 8.30. The number of hydrogen-bond donors (Lipinski definition) is 1. The predicted octanol–water partition coefficient (Wildman–Crippen LogP) is 4.22. The molecule has 132 valence electrons. The van der Waals surface area contributed by atoms with Crippen LogP contribution in [0.1, 0.15) is 36.2 Å². The highest BCUT2D eigenvalue weighted by atomic mass is 16.5. The Bertz CT molecular complexity index is 844. The maximum absolute atomic E-state index is 12.3. The Morgan fingerprint density at radius 3 is 2.31 bits per heavy atom. The summed E-state index contributed by atoms with van der Waals surface area (Å²) in [5, 5.41) is 11.9. The number of hydrogen-bond acceptors (Lipinski definition) is 4. The molecule has 2 aromatic rings. The van der Waals surface area contributed by atoms with Gasteiger partial charge in [0, 0.05) is 11.3 Å². The number of rotatable bonds is 7. The molecule has 0 saturated heterocycles. The molecule has 0 aliphatic rings. The van der Waals surface area contributed by atoms with Crippen molar-refractivity contribution < 1.29 is 14.3 Å². The molecule has 5 nitrogen and oxygen atoms in total. The molecule has 0 aliphatic carbocycles. The Labute approximate surface area is 152 Å². The molecule has 0 fully saturated rings. The number of amides is 1.